The number of hydrogen-bond acceptors (Lipinski definition) is 2. The Morgan fingerprint density at radius 3 is 2.35 bits per heavy atom. The fraction of sp³-hybridized carbons (Fsp3) is 0.0588. The molecule has 0 radical (unpaired) electrons. The standard InChI is InChI=1S/C17H11F2NO3/c18-11-7-5-10(6-8-11)9-20-13-4-2-1-3-12(13)15(21)14(16(20)19)17(22)23/h1-8H,9H2,(H,22,23). The van der Waals surface area contributed by atoms with Gasteiger partial charge in [-0.2, -0.15) is 4.39 Å². The number of para-hydroxylation sites is 1. The molecule has 0 unspecified atom stereocenters. The minimum Gasteiger partial charge on any atom is -0.477 e. The van der Waals surface area contributed by atoms with Gasteiger partial charge in [-0.1, -0.05) is 24.3 Å². The van der Waals surface area contributed by atoms with Gasteiger partial charge in [-0.3, -0.25) is 4.79 Å². The van der Waals surface area contributed by atoms with E-state index in [4.69, 9.17) is 5.11 Å². The molecule has 4 nitrogen and oxygen atoms in total. The number of nitrogens with zero attached hydrogens (tertiary/aromatic N) is 1. The summed E-state index contributed by atoms with van der Waals surface area (Å²) in [6, 6.07) is 11.6. The Hall–Kier alpha value is -3.02. The number of carbonyl (C=O) groups is 1. The van der Waals surface area contributed by atoms with Gasteiger partial charge in [0.15, 0.2) is 5.56 Å². The van der Waals surface area contributed by atoms with Gasteiger partial charge in [0.1, 0.15) is 5.82 Å². The van der Waals surface area contributed by atoms with E-state index in [1.807, 2.05) is 0 Å². The number of aromatic carboxylic acids is 1. The fourth-order valence-electron chi connectivity index (χ4n) is 2.48. The molecule has 6 heteroatoms. The molecule has 23 heavy (non-hydrogen) atoms. The summed E-state index contributed by atoms with van der Waals surface area (Å²) >= 11 is 0. The Balaban J connectivity index is 2.28. The van der Waals surface area contributed by atoms with E-state index in [0.29, 0.717) is 5.56 Å². The average Bonchev–Trinajstić information content (AvgIpc) is 2.53. The first-order chi connectivity index (χ1) is 11.0. The highest BCUT2D eigenvalue weighted by molar-refractivity contribution is 5.92. The lowest BCUT2D eigenvalue weighted by Gasteiger charge is -2.14. The maximum Gasteiger partial charge on any atom is 0.344 e. The molecule has 0 bridgehead atoms. The molecule has 1 aromatic heterocycles. The number of benzene rings is 2. The normalized spacial score (nSPS) is 10.9. The minimum atomic E-state index is -1.62. The van der Waals surface area contributed by atoms with Crippen molar-refractivity contribution in [2.24, 2.45) is 0 Å². The zero-order chi connectivity index (χ0) is 16.6. The molecule has 116 valence electrons. The Labute approximate surface area is 129 Å². The zero-order valence-corrected chi connectivity index (χ0v) is 11.8. The molecule has 0 amide bonds. The van der Waals surface area contributed by atoms with Crippen molar-refractivity contribution in [1.82, 2.24) is 4.57 Å². The highest BCUT2D eigenvalue weighted by Gasteiger charge is 2.22. The highest BCUT2D eigenvalue weighted by atomic mass is 19.1. The van der Waals surface area contributed by atoms with E-state index in [9.17, 15) is 18.4 Å². The summed E-state index contributed by atoms with van der Waals surface area (Å²) in [5, 5.41) is 9.25. The number of pyridine rings is 1. The van der Waals surface area contributed by atoms with E-state index in [2.05, 4.69) is 0 Å². The van der Waals surface area contributed by atoms with Crippen molar-refractivity contribution in [3.8, 4) is 0 Å². The van der Waals surface area contributed by atoms with Crippen molar-refractivity contribution >= 4 is 16.9 Å². The number of carboxylic acid groups (broad SMARTS) is 1. The second kappa shape index (κ2) is 5.64. The Kier molecular flexibility index (Phi) is 3.65. The van der Waals surface area contributed by atoms with E-state index in [-0.39, 0.29) is 17.4 Å². The van der Waals surface area contributed by atoms with Gasteiger partial charge in [0.25, 0.3) is 0 Å². The Morgan fingerprint density at radius 2 is 1.70 bits per heavy atom. The molecule has 3 aromatic rings. The molecule has 0 saturated carbocycles. The second-order valence-electron chi connectivity index (χ2n) is 5.03. The van der Waals surface area contributed by atoms with E-state index in [0.717, 1.165) is 4.57 Å². The molecule has 0 atom stereocenters. The monoisotopic (exact) mass is 315 g/mol. The lowest BCUT2D eigenvalue weighted by Crippen LogP contribution is -2.23. The van der Waals surface area contributed by atoms with Gasteiger partial charge in [0.2, 0.25) is 11.4 Å². The molecule has 0 saturated heterocycles. The van der Waals surface area contributed by atoms with Crippen molar-refractivity contribution in [3.63, 3.8) is 0 Å². The Bertz CT molecular complexity index is 962. The third-order valence-electron chi connectivity index (χ3n) is 3.58. The number of hydrogen-bond donors (Lipinski definition) is 1. The summed E-state index contributed by atoms with van der Waals surface area (Å²) in [4.78, 5) is 23.4. The highest BCUT2D eigenvalue weighted by Crippen LogP contribution is 2.18. The number of aromatic nitrogens is 1. The maximum atomic E-state index is 14.6. The molecule has 0 spiro atoms. The Morgan fingerprint density at radius 1 is 1.04 bits per heavy atom. The largest absolute Gasteiger partial charge is 0.477 e. The van der Waals surface area contributed by atoms with Crippen LogP contribution in [0, 0.1) is 11.8 Å². The fourth-order valence-corrected chi connectivity index (χ4v) is 2.48. The van der Waals surface area contributed by atoms with Crippen LogP contribution in [0.2, 0.25) is 0 Å². The van der Waals surface area contributed by atoms with Crippen LogP contribution in [0.15, 0.2) is 53.3 Å². The number of rotatable bonds is 3. The first-order valence-corrected chi connectivity index (χ1v) is 6.78. The molecule has 0 aliphatic carbocycles. The minimum absolute atomic E-state index is 0.0206. The predicted molar refractivity (Wildman–Crippen MR) is 80.6 cm³/mol. The topological polar surface area (TPSA) is 59.3 Å². The third kappa shape index (κ3) is 2.59. The van der Waals surface area contributed by atoms with Crippen molar-refractivity contribution in [3.05, 3.63) is 81.6 Å². The van der Waals surface area contributed by atoms with E-state index in [1.54, 1.807) is 12.1 Å². The first kappa shape index (κ1) is 14.9. The maximum absolute atomic E-state index is 14.6. The van der Waals surface area contributed by atoms with Gasteiger partial charge in [0, 0.05) is 5.39 Å². The third-order valence-corrected chi connectivity index (χ3v) is 3.58. The summed E-state index contributed by atoms with van der Waals surface area (Å²) in [5.74, 6) is -3.16. The molecular formula is C17H11F2NO3. The van der Waals surface area contributed by atoms with Crippen molar-refractivity contribution in [2.75, 3.05) is 0 Å². The van der Waals surface area contributed by atoms with Crippen molar-refractivity contribution in [1.29, 1.82) is 0 Å². The van der Waals surface area contributed by atoms with Gasteiger partial charge >= 0.3 is 5.97 Å². The lowest BCUT2D eigenvalue weighted by molar-refractivity contribution is 0.0688. The molecule has 1 heterocycles. The summed E-state index contributed by atoms with van der Waals surface area (Å²) < 4.78 is 28.7. The van der Waals surface area contributed by atoms with Gasteiger partial charge in [-0.25, -0.2) is 9.18 Å². The molecule has 1 N–H and O–H groups in total. The van der Waals surface area contributed by atoms with E-state index >= 15 is 0 Å². The van der Waals surface area contributed by atoms with Crippen molar-refractivity contribution < 1.29 is 18.7 Å². The summed E-state index contributed by atoms with van der Waals surface area (Å²) in [7, 11) is 0. The molecular weight excluding hydrogens is 304 g/mol. The van der Waals surface area contributed by atoms with Crippen LogP contribution in [-0.4, -0.2) is 15.6 Å². The number of fused-ring (bicyclic) bond motifs is 1. The van der Waals surface area contributed by atoms with Crippen LogP contribution in [0.25, 0.3) is 10.9 Å². The van der Waals surface area contributed by atoms with Crippen LogP contribution in [0.5, 0.6) is 0 Å². The molecule has 2 aromatic carbocycles. The summed E-state index contributed by atoms with van der Waals surface area (Å²) in [6.45, 7) is -0.0206. The smallest absolute Gasteiger partial charge is 0.344 e. The van der Waals surface area contributed by atoms with Gasteiger partial charge in [-0.15, -0.1) is 0 Å². The first-order valence-electron chi connectivity index (χ1n) is 6.78. The van der Waals surface area contributed by atoms with Crippen LogP contribution in [0.4, 0.5) is 8.78 Å². The second-order valence-corrected chi connectivity index (χ2v) is 5.03. The van der Waals surface area contributed by atoms with Gasteiger partial charge in [-0.05, 0) is 29.8 Å². The molecule has 0 aliphatic rings. The van der Waals surface area contributed by atoms with Crippen LogP contribution >= 0.6 is 0 Å². The van der Waals surface area contributed by atoms with Crippen LogP contribution < -0.4 is 5.43 Å². The van der Waals surface area contributed by atoms with Gasteiger partial charge in [0.05, 0.1) is 12.1 Å². The number of carboxylic acids is 1. The van der Waals surface area contributed by atoms with E-state index < -0.39 is 28.7 Å². The van der Waals surface area contributed by atoms with E-state index in [1.165, 1.54) is 36.4 Å². The van der Waals surface area contributed by atoms with Crippen LogP contribution in [-0.2, 0) is 6.54 Å². The quantitative estimate of drug-likeness (QED) is 0.756. The van der Waals surface area contributed by atoms with Crippen LogP contribution in [0.3, 0.4) is 0 Å². The molecule has 0 aliphatic heterocycles. The lowest BCUT2D eigenvalue weighted by atomic mass is 10.1. The predicted octanol–water partition coefficient (Wildman–Crippen LogP) is 3.03. The molecule has 3 rings (SSSR count). The SMILES string of the molecule is O=C(O)c1c(F)n(Cc2ccc(F)cc2)c2ccccc2c1=O. The van der Waals surface area contributed by atoms with Gasteiger partial charge < -0.3 is 9.67 Å². The number of halogens is 2. The van der Waals surface area contributed by atoms with Crippen LogP contribution in [0.1, 0.15) is 15.9 Å². The van der Waals surface area contributed by atoms with Crippen molar-refractivity contribution in [2.45, 2.75) is 6.54 Å². The summed E-state index contributed by atoms with van der Waals surface area (Å²) in [5.41, 5.74) is -0.897. The average molecular weight is 315 g/mol. The zero-order valence-electron chi connectivity index (χ0n) is 11.8. The molecule has 0 fully saturated rings. The summed E-state index contributed by atoms with van der Waals surface area (Å²) in [6.07, 6.45) is 0.